The van der Waals surface area contributed by atoms with E-state index in [2.05, 4.69) is 10.2 Å². The second-order valence-electron chi connectivity index (χ2n) is 4.57. The summed E-state index contributed by atoms with van der Waals surface area (Å²) in [5.74, 6) is -0.172. The molecule has 1 saturated heterocycles. The van der Waals surface area contributed by atoms with Gasteiger partial charge in [-0.05, 0) is 17.7 Å². The molecule has 1 aliphatic rings. The van der Waals surface area contributed by atoms with Crippen LogP contribution in [0.25, 0.3) is 0 Å². The van der Waals surface area contributed by atoms with Gasteiger partial charge >= 0.3 is 0 Å². The van der Waals surface area contributed by atoms with Crippen molar-refractivity contribution in [1.29, 1.82) is 0 Å². The van der Waals surface area contributed by atoms with Gasteiger partial charge in [-0.25, -0.2) is 4.39 Å². The van der Waals surface area contributed by atoms with Crippen LogP contribution in [0.5, 0.6) is 0 Å². The van der Waals surface area contributed by atoms with Gasteiger partial charge in [0.15, 0.2) is 0 Å². The first-order valence-corrected chi connectivity index (χ1v) is 6.62. The van der Waals surface area contributed by atoms with Crippen LogP contribution in [-0.2, 0) is 16.1 Å². The molecule has 1 aliphatic heterocycles. The molecule has 4 nitrogen and oxygen atoms in total. The highest BCUT2D eigenvalue weighted by molar-refractivity contribution is 5.49. The molecule has 19 heavy (non-hydrogen) atoms. The Kier molecular flexibility index (Phi) is 5.57. The molecule has 0 unspecified atom stereocenters. The largest absolute Gasteiger partial charge is 0.382 e. The third kappa shape index (κ3) is 4.16. The average Bonchev–Trinajstić information content (AvgIpc) is 2.45. The van der Waals surface area contributed by atoms with Gasteiger partial charge in [0.25, 0.3) is 0 Å². The quantitative estimate of drug-likeness (QED) is 0.791. The zero-order valence-electron chi connectivity index (χ0n) is 11.3. The first kappa shape index (κ1) is 14.2. The number of hydrogen-bond donors (Lipinski definition) is 1. The minimum absolute atomic E-state index is 0.172. The van der Waals surface area contributed by atoms with Crippen LogP contribution in [0.2, 0.25) is 0 Å². The Morgan fingerprint density at radius 2 is 2.05 bits per heavy atom. The van der Waals surface area contributed by atoms with E-state index in [0.29, 0.717) is 25.5 Å². The van der Waals surface area contributed by atoms with E-state index >= 15 is 0 Å². The predicted octanol–water partition coefficient (Wildman–Crippen LogP) is 1.40. The van der Waals surface area contributed by atoms with Crippen LogP contribution in [-0.4, -0.2) is 46.5 Å². The number of nitrogens with zero attached hydrogens (tertiary/aromatic N) is 1. The first-order valence-electron chi connectivity index (χ1n) is 6.62. The van der Waals surface area contributed by atoms with Gasteiger partial charge in [-0.3, -0.25) is 0 Å². The Hall–Kier alpha value is -1.17. The van der Waals surface area contributed by atoms with Crippen molar-refractivity contribution in [1.82, 2.24) is 5.32 Å². The first-order chi connectivity index (χ1) is 9.31. The maximum atomic E-state index is 14.1. The molecule has 1 N–H and O–H groups in total. The van der Waals surface area contributed by atoms with Crippen LogP contribution < -0.4 is 10.2 Å². The summed E-state index contributed by atoms with van der Waals surface area (Å²) in [4.78, 5) is 2.07. The van der Waals surface area contributed by atoms with E-state index in [4.69, 9.17) is 9.47 Å². The fourth-order valence-electron chi connectivity index (χ4n) is 2.13. The van der Waals surface area contributed by atoms with E-state index < -0.39 is 0 Å². The van der Waals surface area contributed by atoms with Crippen molar-refractivity contribution < 1.29 is 13.9 Å². The molecule has 0 saturated carbocycles. The summed E-state index contributed by atoms with van der Waals surface area (Å²) in [7, 11) is 1.63. The highest BCUT2D eigenvalue weighted by atomic mass is 19.1. The molecule has 0 atom stereocenters. The Morgan fingerprint density at radius 1 is 1.26 bits per heavy atom. The molecule has 0 spiro atoms. The second kappa shape index (κ2) is 7.43. The highest BCUT2D eigenvalue weighted by Gasteiger charge is 2.14. The monoisotopic (exact) mass is 268 g/mol. The highest BCUT2D eigenvalue weighted by Crippen LogP contribution is 2.21. The lowest BCUT2D eigenvalue weighted by Crippen LogP contribution is -2.43. The Bertz CT molecular complexity index is 395. The minimum Gasteiger partial charge on any atom is -0.382 e. The normalized spacial score (nSPS) is 15.8. The summed E-state index contributed by atoms with van der Waals surface area (Å²) in [6.07, 6.45) is 0. The van der Waals surface area contributed by atoms with Crippen LogP contribution >= 0.6 is 0 Å². The summed E-state index contributed by atoms with van der Waals surface area (Å²) < 4.78 is 24.3. The van der Waals surface area contributed by atoms with Crippen molar-refractivity contribution in [2.45, 2.75) is 6.61 Å². The van der Waals surface area contributed by atoms with E-state index in [-0.39, 0.29) is 5.82 Å². The number of anilines is 1. The van der Waals surface area contributed by atoms with Crippen LogP contribution in [0, 0.1) is 5.82 Å². The number of ether oxygens (including phenoxy) is 2. The molecule has 1 heterocycles. The van der Waals surface area contributed by atoms with Crippen molar-refractivity contribution in [3.05, 3.63) is 29.6 Å². The summed E-state index contributed by atoms with van der Waals surface area (Å²) in [5.41, 5.74) is 1.54. The summed E-state index contributed by atoms with van der Waals surface area (Å²) >= 11 is 0. The molecule has 106 valence electrons. The van der Waals surface area contributed by atoms with Gasteiger partial charge < -0.3 is 19.7 Å². The van der Waals surface area contributed by atoms with Gasteiger partial charge in [0.1, 0.15) is 5.82 Å². The molecule has 0 aliphatic carbocycles. The molecule has 1 aromatic carbocycles. The summed E-state index contributed by atoms with van der Waals surface area (Å²) in [6.45, 7) is 5.00. The van der Waals surface area contributed by atoms with E-state index in [1.165, 1.54) is 0 Å². The maximum absolute atomic E-state index is 14.1. The minimum atomic E-state index is -0.172. The number of piperazine rings is 1. The molecule has 1 aromatic rings. The van der Waals surface area contributed by atoms with Crippen molar-refractivity contribution in [2.24, 2.45) is 0 Å². The number of nitrogens with one attached hydrogen (secondary N) is 1. The Balaban J connectivity index is 1.92. The number of hydrogen-bond acceptors (Lipinski definition) is 4. The van der Waals surface area contributed by atoms with Crippen LogP contribution in [0.15, 0.2) is 18.2 Å². The fraction of sp³-hybridized carbons (Fsp3) is 0.571. The Morgan fingerprint density at radius 3 is 2.74 bits per heavy atom. The van der Waals surface area contributed by atoms with Gasteiger partial charge in [-0.2, -0.15) is 0 Å². The smallest absolute Gasteiger partial charge is 0.146 e. The van der Waals surface area contributed by atoms with Crippen molar-refractivity contribution in [2.75, 3.05) is 51.4 Å². The summed E-state index contributed by atoms with van der Waals surface area (Å²) in [6, 6.07) is 5.33. The molecule has 0 radical (unpaired) electrons. The standard InChI is InChI=1S/C14H21FN2O2/c1-18-8-9-19-11-12-2-3-14(13(15)10-12)17-6-4-16-5-7-17/h2-3,10,16H,4-9,11H2,1H3. The SMILES string of the molecule is COCCOCc1ccc(N2CCNCC2)c(F)c1. The molecular weight excluding hydrogens is 247 g/mol. The van der Waals surface area contributed by atoms with E-state index in [9.17, 15) is 4.39 Å². The summed E-state index contributed by atoms with van der Waals surface area (Å²) in [5, 5.41) is 3.26. The van der Waals surface area contributed by atoms with Gasteiger partial charge in [-0.1, -0.05) is 6.07 Å². The molecule has 0 amide bonds. The zero-order chi connectivity index (χ0) is 13.5. The zero-order valence-corrected chi connectivity index (χ0v) is 11.3. The topological polar surface area (TPSA) is 33.7 Å². The van der Waals surface area contributed by atoms with E-state index in [0.717, 1.165) is 31.7 Å². The number of rotatable bonds is 6. The molecular formula is C14H21FN2O2. The van der Waals surface area contributed by atoms with Crippen molar-refractivity contribution >= 4 is 5.69 Å². The molecule has 5 heteroatoms. The average molecular weight is 268 g/mol. The maximum Gasteiger partial charge on any atom is 0.146 e. The van der Waals surface area contributed by atoms with Crippen LogP contribution in [0.1, 0.15) is 5.56 Å². The van der Waals surface area contributed by atoms with Crippen LogP contribution in [0.4, 0.5) is 10.1 Å². The second-order valence-corrected chi connectivity index (χ2v) is 4.57. The lowest BCUT2D eigenvalue weighted by atomic mass is 10.2. The van der Waals surface area contributed by atoms with Crippen LogP contribution in [0.3, 0.4) is 0 Å². The van der Waals surface area contributed by atoms with Gasteiger partial charge in [-0.15, -0.1) is 0 Å². The molecule has 1 fully saturated rings. The lowest BCUT2D eigenvalue weighted by Gasteiger charge is -2.29. The predicted molar refractivity (Wildman–Crippen MR) is 73.0 cm³/mol. The van der Waals surface area contributed by atoms with E-state index in [1.807, 2.05) is 12.1 Å². The van der Waals surface area contributed by atoms with Crippen molar-refractivity contribution in [3.8, 4) is 0 Å². The number of halogens is 1. The van der Waals surface area contributed by atoms with Crippen molar-refractivity contribution in [3.63, 3.8) is 0 Å². The molecule has 0 bridgehead atoms. The number of methoxy groups -OCH3 is 1. The third-order valence-electron chi connectivity index (χ3n) is 3.17. The number of benzene rings is 1. The molecule has 0 aromatic heterocycles. The van der Waals surface area contributed by atoms with Gasteiger partial charge in [0.05, 0.1) is 25.5 Å². The van der Waals surface area contributed by atoms with Gasteiger partial charge in [0.2, 0.25) is 0 Å². The Labute approximate surface area is 113 Å². The molecule has 2 rings (SSSR count). The van der Waals surface area contributed by atoms with Gasteiger partial charge in [0, 0.05) is 33.3 Å². The lowest BCUT2D eigenvalue weighted by molar-refractivity contribution is 0.0616. The third-order valence-corrected chi connectivity index (χ3v) is 3.17. The fourth-order valence-corrected chi connectivity index (χ4v) is 2.13. The van der Waals surface area contributed by atoms with E-state index in [1.54, 1.807) is 13.2 Å².